The first-order valence-corrected chi connectivity index (χ1v) is 19.4. The van der Waals surface area contributed by atoms with Gasteiger partial charge in [-0.1, -0.05) is 109 Å². The van der Waals surface area contributed by atoms with Gasteiger partial charge in [-0.05, 0) is 129 Å². The van der Waals surface area contributed by atoms with Gasteiger partial charge in [0.2, 0.25) is 5.89 Å². The normalized spacial score (nSPS) is 11.4. The third-order valence-electron chi connectivity index (χ3n) is 10.9. The summed E-state index contributed by atoms with van der Waals surface area (Å²) in [6.45, 7) is 0. The highest BCUT2D eigenvalue weighted by Crippen LogP contribution is 2.39. The summed E-state index contributed by atoms with van der Waals surface area (Å²) in [5, 5.41) is 4.83. The number of benzene rings is 8. The first-order valence-electron chi connectivity index (χ1n) is 19.4. The van der Waals surface area contributed by atoms with Crippen LogP contribution in [0, 0.1) is 0 Å². The quantitative estimate of drug-likeness (QED) is 0.163. The molecular weight excluding hydrogens is 709 g/mol. The summed E-state index contributed by atoms with van der Waals surface area (Å²) in [5.41, 5.74) is 13.9. The molecule has 0 fully saturated rings. The van der Waals surface area contributed by atoms with Crippen LogP contribution < -0.4 is 4.90 Å². The van der Waals surface area contributed by atoms with Gasteiger partial charge in [-0.25, -0.2) is 9.97 Å². The Balaban J connectivity index is 0.988. The first-order chi connectivity index (χ1) is 28.7. The largest absolute Gasteiger partial charge is 0.436 e. The Morgan fingerprint density at radius 3 is 1.74 bits per heavy atom. The number of hydrogen-bond acceptors (Lipinski definition) is 5. The molecule has 11 rings (SSSR count). The van der Waals surface area contributed by atoms with Gasteiger partial charge in [0.25, 0.3) is 0 Å². The molecule has 0 saturated carbocycles. The number of oxazole rings is 1. The van der Waals surface area contributed by atoms with Crippen LogP contribution in [-0.2, 0) is 0 Å². The minimum atomic E-state index is 0.601. The smallest absolute Gasteiger partial charge is 0.227 e. The SMILES string of the molecule is c1ccc(-c2cc(-c3ccc(N(c4ccc(-c5nc6ccccc6o5)cc4)c4ccc5cc(-c6ccc7ccccc7c6)ccc5c4)cc3)nc3cccnc23)cc1. The van der Waals surface area contributed by atoms with Gasteiger partial charge in [-0.2, -0.15) is 0 Å². The third-order valence-corrected chi connectivity index (χ3v) is 10.9. The lowest BCUT2D eigenvalue weighted by Crippen LogP contribution is -2.10. The lowest BCUT2D eigenvalue weighted by molar-refractivity contribution is 0.620. The highest BCUT2D eigenvalue weighted by Gasteiger charge is 2.17. The van der Waals surface area contributed by atoms with E-state index in [1.165, 1.54) is 27.3 Å². The van der Waals surface area contributed by atoms with Gasteiger partial charge < -0.3 is 9.32 Å². The fourth-order valence-electron chi connectivity index (χ4n) is 7.95. The molecule has 0 atom stereocenters. The van der Waals surface area contributed by atoms with E-state index in [4.69, 9.17) is 19.4 Å². The molecule has 5 nitrogen and oxygen atoms in total. The number of hydrogen-bond donors (Lipinski definition) is 0. The molecule has 272 valence electrons. The second-order valence-corrected chi connectivity index (χ2v) is 14.5. The van der Waals surface area contributed by atoms with Crippen LogP contribution in [0.4, 0.5) is 17.1 Å². The fourth-order valence-corrected chi connectivity index (χ4v) is 7.95. The Kier molecular flexibility index (Phi) is 8.07. The monoisotopic (exact) mass is 742 g/mol. The van der Waals surface area contributed by atoms with Crippen LogP contribution in [0.5, 0.6) is 0 Å². The van der Waals surface area contributed by atoms with Crippen molar-refractivity contribution in [1.29, 1.82) is 0 Å². The van der Waals surface area contributed by atoms with Crippen LogP contribution in [0.25, 0.3) is 88.6 Å². The average Bonchev–Trinajstić information content (AvgIpc) is 3.74. The average molecular weight is 743 g/mol. The molecular formula is C53H34N4O. The van der Waals surface area contributed by atoms with Crippen molar-refractivity contribution in [3.63, 3.8) is 0 Å². The summed E-state index contributed by atoms with van der Waals surface area (Å²) in [7, 11) is 0. The van der Waals surface area contributed by atoms with E-state index in [0.717, 1.165) is 72.5 Å². The first kappa shape index (κ1) is 33.4. The second kappa shape index (κ2) is 14.0. The number of fused-ring (bicyclic) bond motifs is 4. The summed E-state index contributed by atoms with van der Waals surface area (Å²) < 4.78 is 6.12. The van der Waals surface area contributed by atoms with E-state index in [-0.39, 0.29) is 0 Å². The Morgan fingerprint density at radius 1 is 0.379 bits per heavy atom. The molecule has 0 N–H and O–H groups in total. The lowest BCUT2D eigenvalue weighted by atomic mass is 9.98. The van der Waals surface area contributed by atoms with Crippen LogP contribution in [-0.4, -0.2) is 15.0 Å². The number of pyridine rings is 2. The number of rotatable bonds is 7. The van der Waals surface area contributed by atoms with Crippen LogP contribution >= 0.6 is 0 Å². The minimum Gasteiger partial charge on any atom is -0.436 e. The van der Waals surface area contributed by atoms with Crippen LogP contribution in [0.1, 0.15) is 0 Å². The zero-order valence-electron chi connectivity index (χ0n) is 31.3. The lowest BCUT2D eigenvalue weighted by Gasteiger charge is -2.26. The van der Waals surface area contributed by atoms with E-state index < -0.39 is 0 Å². The molecule has 3 aromatic heterocycles. The van der Waals surface area contributed by atoms with Crippen molar-refractivity contribution in [2.24, 2.45) is 0 Å². The van der Waals surface area contributed by atoms with Gasteiger partial charge in [-0.15, -0.1) is 0 Å². The highest BCUT2D eigenvalue weighted by atomic mass is 16.3. The Labute approximate surface area is 335 Å². The molecule has 11 aromatic rings. The molecule has 0 aliphatic heterocycles. The summed E-state index contributed by atoms with van der Waals surface area (Å²) in [6.07, 6.45) is 1.83. The maximum absolute atomic E-state index is 6.12. The molecule has 0 aliphatic carbocycles. The molecule has 0 amide bonds. The highest BCUT2D eigenvalue weighted by molar-refractivity contribution is 5.96. The number of anilines is 3. The van der Waals surface area contributed by atoms with Crippen LogP contribution in [0.15, 0.2) is 211 Å². The minimum absolute atomic E-state index is 0.601. The maximum atomic E-state index is 6.12. The van der Waals surface area contributed by atoms with E-state index in [0.29, 0.717) is 5.89 Å². The zero-order valence-corrected chi connectivity index (χ0v) is 31.3. The molecule has 58 heavy (non-hydrogen) atoms. The van der Waals surface area contributed by atoms with E-state index in [2.05, 4.69) is 163 Å². The summed E-state index contributed by atoms with van der Waals surface area (Å²) in [6, 6.07) is 70.1. The van der Waals surface area contributed by atoms with E-state index in [9.17, 15) is 0 Å². The van der Waals surface area contributed by atoms with Crippen molar-refractivity contribution >= 4 is 60.7 Å². The number of aromatic nitrogens is 3. The van der Waals surface area contributed by atoms with Crippen molar-refractivity contribution in [3.8, 4) is 45.0 Å². The predicted molar refractivity (Wildman–Crippen MR) is 239 cm³/mol. The number of para-hydroxylation sites is 2. The second-order valence-electron chi connectivity index (χ2n) is 14.5. The van der Waals surface area contributed by atoms with E-state index >= 15 is 0 Å². The molecule has 8 aromatic carbocycles. The molecule has 0 saturated heterocycles. The van der Waals surface area contributed by atoms with Gasteiger partial charge in [0.05, 0.1) is 16.7 Å². The van der Waals surface area contributed by atoms with Crippen LogP contribution in [0.3, 0.4) is 0 Å². The van der Waals surface area contributed by atoms with Crippen molar-refractivity contribution in [2.45, 2.75) is 0 Å². The van der Waals surface area contributed by atoms with E-state index in [1.807, 2.05) is 48.7 Å². The van der Waals surface area contributed by atoms with Crippen molar-refractivity contribution in [2.75, 3.05) is 4.90 Å². The van der Waals surface area contributed by atoms with Gasteiger partial charge >= 0.3 is 0 Å². The standard InChI is InChI=1S/C53H34N4O/c1-2-10-36(11-3-1)47-34-50(55-49-14-8-30-54-52(47)49)37-20-25-44(26-21-37)57(45-27-22-38(23-28-45)53-56-48-13-6-7-15-51(48)58-53)46-29-24-42-32-41(18-19-43(42)33-46)40-17-16-35-9-4-5-12-39(35)31-40/h1-34H. The van der Waals surface area contributed by atoms with Gasteiger partial charge in [-0.3, -0.25) is 4.98 Å². The summed E-state index contributed by atoms with van der Waals surface area (Å²) >= 11 is 0. The fraction of sp³-hybridized carbons (Fsp3) is 0. The Hall–Kier alpha value is -7.89. The molecule has 0 bridgehead atoms. The van der Waals surface area contributed by atoms with Crippen molar-refractivity contribution in [3.05, 3.63) is 206 Å². The molecule has 0 aliphatic rings. The molecule has 0 spiro atoms. The van der Waals surface area contributed by atoms with Crippen LogP contribution in [0.2, 0.25) is 0 Å². The van der Waals surface area contributed by atoms with Crippen molar-refractivity contribution in [1.82, 2.24) is 15.0 Å². The summed E-state index contributed by atoms with van der Waals surface area (Å²) in [4.78, 5) is 16.8. The van der Waals surface area contributed by atoms with Gasteiger partial charge in [0.1, 0.15) is 5.52 Å². The van der Waals surface area contributed by atoms with Crippen molar-refractivity contribution < 1.29 is 4.42 Å². The maximum Gasteiger partial charge on any atom is 0.227 e. The number of nitrogens with zero attached hydrogens (tertiary/aromatic N) is 4. The molecule has 5 heteroatoms. The molecule has 3 heterocycles. The van der Waals surface area contributed by atoms with E-state index in [1.54, 1.807) is 0 Å². The van der Waals surface area contributed by atoms with Gasteiger partial charge in [0.15, 0.2) is 5.58 Å². The zero-order chi connectivity index (χ0) is 38.4. The Bertz CT molecular complexity index is 3250. The topological polar surface area (TPSA) is 55.1 Å². The summed E-state index contributed by atoms with van der Waals surface area (Å²) in [5.74, 6) is 0.601. The third kappa shape index (κ3) is 6.12. The molecule has 0 radical (unpaired) electrons. The Morgan fingerprint density at radius 2 is 0.966 bits per heavy atom. The predicted octanol–water partition coefficient (Wildman–Crippen LogP) is 14.2. The molecule has 0 unspecified atom stereocenters. The van der Waals surface area contributed by atoms with Gasteiger partial charge in [0, 0.05) is 39.9 Å².